The fourth-order valence-electron chi connectivity index (χ4n) is 2.26. The van der Waals surface area contributed by atoms with Crippen molar-refractivity contribution >= 4 is 35.2 Å². The molecule has 0 spiro atoms. The quantitative estimate of drug-likeness (QED) is 0.656. The lowest BCUT2D eigenvalue weighted by Gasteiger charge is -2.24. The van der Waals surface area contributed by atoms with E-state index in [0.29, 0.717) is 4.75 Å². The minimum absolute atomic E-state index is 0.368. The van der Waals surface area contributed by atoms with Crippen molar-refractivity contribution < 1.29 is 0 Å². The van der Waals surface area contributed by atoms with E-state index in [1.165, 1.54) is 6.42 Å². The van der Waals surface area contributed by atoms with E-state index in [2.05, 4.69) is 53.8 Å². The second-order valence-corrected chi connectivity index (χ2v) is 8.45. The molecule has 0 amide bonds. The number of nitrogens with zero attached hydrogens (tertiary/aromatic N) is 3. The van der Waals surface area contributed by atoms with Gasteiger partial charge in [-0.2, -0.15) is 11.8 Å². The van der Waals surface area contributed by atoms with Crippen molar-refractivity contribution in [3.05, 3.63) is 6.07 Å². The zero-order valence-corrected chi connectivity index (χ0v) is 15.1. The first-order valence-corrected chi connectivity index (χ1v) is 9.81. The number of hydrogen-bond donors (Lipinski definition) is 1. The molecule has 6 heteroatoms. The smallest absolute Gasteiger partial charge is 0.191 e. The van der Waals surface area contributed by atoms with Crippen LogP contribution >= 0.6 is 23.5 Å². The zero-order valence-electron chi connectivity index (χ0n) is 13.5. The summed E-state index contributed by atoms with van der Waals surface area (Å²) in [5.74, 6) is 3.16. The van der Waals surface area contributed by atoms with Crippen molar-refractivity contribution in [2.24, 2.45) is 0 Å². The third kappa shape index (κ3) is 4.95. The van der Waals surface area contributed by atoms with Crippen molar-refractivity contribution in [1.29, 1.82) is 0 Å². The van der Waals surface area contributed by atoms with Crippen molar-refractivity contribution in [2.45, 2.75) is 43.5 Å². The van der Waals surface area contributed by atoms with E-state index in [0.717, 1.165) is 48.6 Å². The highest BCUT2D eigenvalue weighted by atomic mass is 32.2. The van der Waals surface area contributed by atoms with Crippen LogP contribution in [0.3, 0.4) is 0 Å². The molecule has 1 fully saturated rings. The Morgan fingerprint density at radius 3 is 2.90 bits per heavy atom. The number of anilines is 2. The van der Waals surface area contributed by atoms with Crippen LogP contribution in [0.15, 0.2) is 11.2 Å². The van der Waals surface area contributed by atoms with Gasteiger partial charge in [-0.3, -0.25) is 0 Å². The Balaban J connectivity index is 2.17. The number of thioether (sulfide) groups is 2. The van der Waals surface area contributed by atoms with Crippen molar-refractivity contribution in [3.63, 3.8) is 0 Å². The fraction of sp³-hybridized carbons (Fsp3) is 0.733. The van der Waals surface area contributed by atoms with Crippen LogP contribution in [0.4, 0.5) is 11.6 Å². The summed E-state index contributed by atoms with van der Waals surface area (Å²) in [4.78, 5) is 11.6. The second kappa shape index (κ2) is 7.58. The zero-order chi connectivity index (χ0) is 15.3. The average molecular weight is 327 g/mol. The van der Waals surface area contributed by atoms with Gasteiger partial charge in [-0.25, -0.2) is 9.97 Å². The summed E-state index contributed by atoms with van der Waals surface area (Å²) in [7, 11) is 0. The molecular formula is C15H26N4S2. The van der Waals surface area contributed by atoms with Gasteiger partial charge in [0.2, 0.25) is 0 Å². The summed E-state index contributed by atoms with van der Waals surface area (Å²) in [6, 6.07) is 2.10. The van der Waals surface area contributed by atoms with Gasteiger partial charge in [0.25, 0.3) is 0 Å². The summed E-state index contributed by atoms with van der Waals surface area (Å²) in [6.07, 6.45) is 4.32. The fourth-order valence-corrected chi connectivity index (χ4v) is 3.73. The van der Waals surface area contributed by atoms with Gasteiger partial charge in [-0.1, -0.05) is 32.5 Å². The van der Waals surface area contributed by atoms with Crippen LogP contribution < -0.4 is 10.2 Å². The molecule has 1 aliphatic heterocycles. The molecule has 0 bridgehead atoms. The van der Waals surface area contributed by atoms with E-state index in [-0.39, 0.29) is 0 Å². The third-order valence-electron chi connectivity index (χ3n) is 3.59. The molecule has 1 saturated heterocycles. The van der Waals surface area contributed by atoms with Gasteiger partial charge in [0.15, 0.2) is 5.16 Å². The molecule has 0 saturated carbocycles. The summed E-state index contributed by atoms with van der Waals surface area (Å²) in [5, 5.41) is 4.23. The van der Waals surface area contributed by atoms with Crippen LogP contribution in [0.2, 0.25) is 0 Å². The van der Waals surface area contributed by atoms with Crippen molar-refractivity contribution in [3.8, 4) is 0 Å². The van der Waals surface area contributed by atoms with E-state index in [1.807, 2.05) is 6.26 Å². The van der Waals surface area contributed by atoms with E-state index in [9.17, 15) is 0 Å². The molecule has 1 N–H and O–H groups in total. The molecule has 0 aromatic carbocycles. The molecule has 0 atom stereocenters. The Morgan fingerprint density at radius 2 is 2.19 bits per heavy atom. The second-order valence-electron chi connectivity index (χ2n) is 5.87. The first-order chi connectivity index (χ1) is 10.0. The number of hydrogen-bond acceptors (Lipinski definition) is 6. The van der Waals surface area contributed by atoms with Gasteiger partial charge in [0.05, 0.1) is 0 Å². The molecule has 0 radical (unpaired) electrons. The molecule has 0 aliphatic carbocycles. The Labute approximate surface area is 136 Å². The minimum atomic E-state index is 0.368. The SMILES string of the molecule is CCCNc1cc(N2CCSC(C)(C)CC2)nc(SC)n1. The highest BCUT2D eigenvalue weighted by molar-refractivity contribution is 8.00. The summed E-state index contributed by atoms with van der Waals surface area (Å²) in [6.45, 7) is 9.92. The van der Waals surface area contributed by atoms with Gasteiger partial charge < -0.3 is 10.2 Å². The molecule has 118 valence electrons. The maximum absolute atomic E-state index is 4.70. The number of nitrogens with one attached hydrogen (secondary N) is 1. The lowest BCUT2D eigenvalue weighted by Crippen LogP contribution is -2.28. The van der Waals surface area contributed by atoms with E-state index >= 15 is 0 Å². The maximum Gasteiger partial charge on any atom is 0.191 e. The van der Waals surface area contributed by atoms with E-state index in [1.54, 1.807) is 11.8 Å². The maximum atomic E-state index is 4.70. The molecule has 1 aromatic rings. The molecule has 21 heavy (non-hydrogen) atoms. The van der Waals surface area contributed by atoms with Gasteiger partial charge in [-0.15, -0.1) is 0 Å². The van der Waals surface area contributed by atoms with E-state index < -0.39 is 0 Å². The molecular weight excluding hydrogens is 300 g/mol. The first kappa shape index (κ1) is 16.7. The topological polar surface area (TPSA) is 41.0 Å². The van der Waals surface area contributed by atoms with E-state index in [4.69, 9.17) is 4.98 Å². The van der Waals surface area contributed by atoms with Crippen molar-refractivity contribution in [2.75, 3.05) is 41.9 Å². The van der Waals surface area contributed by atoms with Crippen molar-refractivity contribution in [1.82, 2.24) is 9.97 Å². The Bertz CT molecular complexity index is 465. The monoisotopic (exact) mass is 326 g/mol. The van der Waals surface area contributed by atoms with Crippen LogP contribution in [0.5, 0.6) is 0 Å². The lowest BCUT2D eigenvalue weighted by atomic mass is 10.1. The molecule has 1 aliphatic rings. The number of aromatic nitrogens is 2. The Kier molecular flexibility index (Phi) is 6.05. The van der Waals surface area contributed by atoms with Gasteiger partial charge >= 0.3 is 0 Å². The molecule has 2 rings (SSSR count). The van der Waals surface area contributed by atoms with Gasteiger partial charge in [-0.05, 0) is 19.1 Å². The summed E-state index contributed by atoms with van der Waals surface area (Å²) < 4.78 is 0.368. The average Bonchev–Trinajstić information content (AvgIpc) is 2.65. The summed E-state index contributed by atoms with van der Waals surface area (Å²) >= 11 is 3.67. The first-order valence-electron chi connectivity index (χ1n) is 7.60. The van der Waals surface area contributed by atoms with Crippen LogP contribution in [0.1, 0.15) is 33.6 Å². The molecule has 1 aromatic heterocycles. The summed E-state index contributed by atoms with van der Waals surface area (Å²) in [5.41, 5.74) is 0. The Morgan fingerprint density at radius 1 is 1.38 bits per heavy atom. The van der Waals surface area contributed by atoms with Crippen LogP contribution in [-0.4, -0.2) is 46.4 Å². The van der Waals surface area contributed by atoms with Crippen LogP contribution in [0, 0.1) is 0 Å². The largest absolute Gasteiger partial charge is 0.370 e. The predicted molar refractivity (Wildman–Crippen MR) is 96.0 cm³/mol. The van der Waals surface area contributed by atoms with Crippen LogP contribution in [-0.2, 0) is 0 Å². The third-order valence-corrected chi connectivity index (χ3v) is 5.51. The van der Waals surface area contributed by atoms with Crippen LogP contribution in [0.25, 0.3) is 0 Å². The minimum Gasteiger partial charge on any atom is -0.370 e. The van der Waals surface area contributed by atoms with Gasteiger partial charge in [0, 0.05) is 36.2 Å². The molecule has 4 nitrogen and oxygen atoms in total. The standard InChI is InChI=1S/C15H26N4S2/c1-5-7-16-12-11-13(18-14(17-12)20-4)19-8-6-15(2,3)21-10-9-19/h11H,5-10H2,1-4H3,(H,16,17,18). The predicted octanol–water partition coefficient (Wildman–Crippen LogP) is 3.74. The number of rotatable bonds is 5. The Hall–Kier alpha value is -0.620. The molecule has 2 heterocycles. The normalized spacial score (nSPS) is 18.4. The molecule has 0 unspecified atom stereocenters. The highest BCUT2D eigenvalue weighted by Crippen LogP contribution is 2.32. The highest BCUT2D eigenvalue weighted by Gasteiger charge is 2.24. The lowest BCUT2D eigenvalue weighted by molar-refractivity contribution is 0.633. The van der Waals surface area contributed by atoms with Gasteiger partial charge in [0.1, 0.15) is 11.6 Å².